The number of esters is 1. The van der Waals surface area contributed by atoms with E-state index in [-0.39, 0.29) is 5.97 Å². The molecule has 1 aliphatic rings. The highest BCUT2D eigenvalue weighted by molar-refractivity contribution is 7.98. The normalized spacial score (nSPS) is 16.8. The molecule has 0 spiro atoms. The summed E-state index contributed by atoms with van der Waals surface area (Å²) in [7, 11) is 1.40. The number of rotatable bonds is 5. The van der Waals surface area contributed by atoms with Crippen LogP contribution in [-0.4, -0.2) is 98.1 Å². The van der Waals surface area contributed by atoms with Gasteiger partial charge in [-0.15, -0.1) is 0 Å². The fourth-order valence-electron chi connectivity index (χ4n) is 3.50. The van der Waals surface area contributed by atoms with Crippen LogP contribution in [0.25, 0.3) is 0 Å². The summed E-state index contributed by atoms with van der Waals surface area (Å²) in [6.07, 6.45) is 0.382. The van der Waals surface area contributed by atoms with E-state index in [1.54, 1.807) is 11.8 Å². The van der Waals surface area contributed by atoms with Crippen LogP contribution in [0.4, 0.5) is 0 Å². The summed E-state index contributed by atoms with van der Waals surface area (Å²) < 4.78 is 50.7. The third-order valence-corrected chi connectivity index (χ3v) is 6.52. The minimum atomic E-state index is -0.207. The summed E-state index contributed by atoms with van der Waals surface area (Å²) in [4.78, 5) is 11.3. The summed E-state index contributed by atoms with van der Waals surface area (Å²) in [5.41, 5.74) is 1.07. The smallest absolute Gasteiger partial charge is 0.306 e. The van der Waals surface area contributed by atoms with Crippen molar-refractivity contribution in [3.8, 4) is 23.0 Å². The van der Waals surface area contributed by atoms with Gasteiger partial charge < -0.3 is 42.6 Å². The Hall–Kier alpha value is -2.70. The van der Waals surface area contributed by atoms with Crippen LogP contribution in [0.1, 0.15) is 12.0 Å². The van der Waals surface area contributed by atoms with Gasteiger partial charge in [0.2, 0.25) is 0 Å². The molecule has 0 atom stereocenters. The molecule has 222 valence electrons. The lowest BCUT2D eigenvalue weighted by Gasteiger charge is -2.15. The molecule has 0 radical (unpaired) electrons. The molecule has 40 heavy (non-hydrogen) atoms. The zero-order chi connectivity index (χ0) is 28.1. The van der Waals surface area contributed by atoms with Gasteiger partial charge in [-0.1, -0.05) is 18.2 Å². The molecule has 1 aliphatic heterocycles. The van der Waals surface area contributed by atoms with Crippen LogP contribution < -0.4 is 18.9 Å². The Balaban J connectivity index is 1.48. The lowest BCUT2D eigenvalue weighted by atomic mass is 10.2. The zero-order valence-electron chi connectivity index (χ0n) is 23.1. The summed E-state index contributed by atoms with van der Waals surface area (Å²) >= 11 is 1.66. The lowest BCUT2D eigenvalue weighted by molar-refractivity contribution is -0.140. The standard InChI is InChI=1S/C29H40O10S/c1-31-29(30)8-21-40-23-24-6-7-27-28(22-24)39-20-16-35-12-11-33-14-18-37-26-5-3-2-4-25(26)36-17-13-32-9-10-34-15-19-38-27/h2-7,22H,8-21,23H2,1H3. The van der Waals surface area contributed by atoms with Gasteiger partial charge in [0.25, 0.3) is 0 Å². The van der Waals surface area contributed by atoms with E-state index in [1.165, 1.54) is 7.11 Å². The van der Waals surface area contributed by atoms with Gasteiger partial charge in [0, 0.05) is 11.5 Å². The highest BCUT2D eigenvalue weighted by Gasteiger charge is 2.09. The summed E-state index contributed by atoms with van der Waals surface area (Å²) in [5, 5.41) is 0. The SMILES string of the molecule is COC(=O)CCSCc1ccc2c(c1)OCCOCCOCCOc1ccccc1OCCOCCOCCO2. The molecule has 2 aromatic rings. The highest BCUT2D eigenvalue weighted by atomic mass is 32.2. The predicted molar refractivity (Wildman–Crippen MR) is 151 cm³/mol. The summed E-state index contributed by atoms with van der Waals surface area (Å²) in [5.74, 6) is 3.83. The number of methoxy groups -OCH3 is 1. The first-order chi connectivity index (χ1) is 19.8. The van der Waals surface area contributed by atoms with Crippen LogP contribution >= 0.6 is 11.8 Å². The van der Waals surface area contributed by atoms with Crippen molar-refractivity contribution >= 4 is 17.7 Å². The van der Waals surface area contributed by atoms with Crippen molar-refractivity contribution in [1.82, 2.24) is 0 Å². The van der Waals surface area contributed by atoms with Crippen LogP contribution in [0.3, 0.4) is 0 Å². The van der Waals surface area contributed by atoms with Crippen LogP contribution in [0, 0.1) is 0 Å². The number of thioether (sulfide) groups is 1. The number of hydrogen-bond acceptors (Lipinski definition) is 11. The van der Waals surface area contributed by atoms with Crippen molar-refractivity contribution in [3.63, 3.8) is 0 Å². The Morgan fingerprint density at radius 2 is 1.10 bits per heavy atom. The van der Waals surface area contributed by atoms with Crippen molar-refractivity contribution in [1.29, 1.82) is 0 Å². The molecule has 0 bridgehead atoms. The Morgan fingerprint density at radius 3 is 1.60 bits per heavy atom. The molecule has 0 aromatic heterocycles. The largest absolute Gasteiger partial charge is 0.487 e. The molecule has 0 fully saturated rings. The van der Waals surface area contributed by atoms with E-state index in [1.807, 2.05) is 42.5 Å². The van der Waals surface area contributed by atoms with Gasteiger partial charge in [0.1, 0.15) is 26.4 Å². The number of hydrogen-bond donors (Lipinski definition) is 0. The predicted octanol–water partition coefficient (Wildman–Crippen LogP) is 3.78. The number of ether oxygens (including phenoxy) is 9. The molecule has 0 saturated heterocycles. The van der Waals surface area contributed by atoms with Gasteiger partial charge in [-0.2, -0.15) is 11.8 Å². The van der Waals surface area contributed by atoms with E-state index in [4.69, 9.17) is 42.6 Å². The van der Waals surface area contributed by atoms with Crippen molar-refractivity contribution in [3.05, 3.63) is 48.0 Å². The van der Waals surface area contributed by atoms with Crippen LogP contribution in [-0.2, 0) is 34.2 Å². The maximum atomic E-state index is 11.3. The van der Waals surface area contributed by atoms with E-state index in [0.717, 1.165) is 11.3 Å². The number of benzene rings is 2. The Bertz CT molecular complexity index is 974. The summed E-state index contributed by atoms with van der Waals surface area (Å²) in [6, 6.07) is 13.4. The molecule has 0 aliphatic carbocycles. The van der Waals surface area contributed by atoms with Gasteiger partial charge in [-0.05, 0) is 29.8 Å². The molecule has 0 amide bonds. The molecule has 0 N–H and O–H groups in total. The second-order valence-electron chi connectivity index (χ2n) is 8.45. The maximum Gasteiger partial charge on any atom is 0.306 e. The minimum absolute atomic E-state index is 0.207. The number of para-hydroxylation sites is 2. The Kier molecular flexibility index (Phi) is 16.1. The van der Waals surface area contributed by atoms with Crippen molar-refractivity contribution < 1.29 is 47.4 Å². The first-order valence-corrected chi connectivity index (χ1v) is 14.6. The third kappa shape index (κ3) is 13.1. The highest BCUT2D eigenvalue weighted by Crippen LogP contribution is 2.30. The van der Waals surface area contributed by atoms with Crippen molar-refractivity contribution in [2.24, 2.45) is 0 Å². The Morgan fingerprint density at radius 1 is 0.650 bits per heavy atom. The summed E-state index contributed by atoms with van der Waals surface area (Å²) in [6.45, 7) is 5.03. The van der Waals surface area contributed by atoms with E-state index in [0.29, 0.717) is 114 Å². The van der Waals surface area contributed by atoms with Crippen molar-refractivity contribution in [2.75, 3.05) is 92.1 Å². The fraction of sp³-hybridized carbons (Fsp3) is 0.552. The molecule has 3 rings (SSSR count). The second kappa shape index (κ2) is 20.2. The molecule has 2 aromatic carbocycles. The average Bonchev–Trinajstić information content (AvgIpc) is 2.98. The number of carbonyl (C=O) groups excluding carboxylic acids is 1. The fourth-order valence-corrected chi connectivity index (χ4v) is 4.37. The van der Waals surface area contributed by atoms with E-state index in [9.17, 15) is 4.79 Å². The molecule has 1 heterocycles. The zero-order valence-corrected chi connectivity index (χ0v) is 24.0. The van der Waals surface area contributed by atoms with Crippen LogP contribution in [0.2, 0.25) is 0 Å². The maximum absolute atomic E-state index is 11.3. The number of fused-ring (bicyclic) bond motifs is 2. The third-order valence-electron chi connectivity index (χ3n) is 5.49. The van der Waals surface area contributed by atoms with E-state index in [2.05, 4.69) is 0 Å². The quantitative estimate of drug-likeness (QED) is 0.382. The van der Waals surface area contributed by atoms with Gasteiger partial charge >= 0.3 is 5.97 Å². The first kappa shape index (κ1) is 31.8. The molecule has 11 heteroatoms. The minimum Gasteiger partial charge on any atom is -0.487 e. The Labute approximate surface area is 240 Å². The monoisotopic (exact) mass is 580 g/mol. The van der Waals surface area contributed by atoms with Gasteiger partial charge in [0.15, 0.2) is 23.0 Å². The first-order valence-electron chi connectivity index (χ1n) is 13.4. The molecular weight excluding hydrogens is 540 g/mol. The topological polar surface area (TPSA) is 100 Å². The second-order valence-corrected chi connectivity index (χ2v) is 9.56. The van der Waals surface area contributed by atoms with Gasteiger partial charge in [-0.3, -0.25) is 4.79 Å². The molecular formula is C29H40O10S. The molecule has 0 saturated carbocycles. The molecule has 0 unspecified atom stereocenters. The van der Waals surface area contributed by atoms with Gasteiger partial charge in [-0.25, -0.2) is 0 Å². The average molecular weight is 581 g/mol. The van der Waals surface area contributed by atoms with Crippen LogP contribution in [0.15, 0.2) is 42.5 Å². The lowest BCUT2D eigenvalue weighted by Crippen LogP contribution is -2.15. The van der Waals surface area contributed by atoms with E-state index < -0.39 is 0 Å². The molecule has 10 nitrogen and oxygen atoms in total. The van der Waals surface area contributed by atoms with Crippen molar-refractivity contribution in [2.45, 2.75) is 12.2 Å². The van der Waals surface area contributed by atoms with Crippen LogP contribution in [0.5, 0.6) is 23.0 Å². The van der Waals surface area contributed by atoms with Gasteiger partial charge in [0.05, 0.1) is 66.4 Å². The van der Waals surface area contributed by atoms with E-state index >= 15 is 0 Å². The number of carbonyl (C=O) groups is 1.